The number of nitrogens with zero attached hydrogens (tertiary/aromatic N) is 3. The molecule has 0 fully saturated rings. The van der Waals surface area contributed by atoms with Gasteiger partial charge in [-0.2, -0.15) is 0 Å². The second-order valence-electron chi connectivity index (χ2n) is 11.5. The van der Waals surface area contributed by atoms with Gasteiger partial charge in [-0.25, -0.2) is 4.98 Å². The second-order valence-corrected chi connectivity index (χ2v) is 12.5. The number of rotatable bonds is 2. The Kier molecular flexibility index (Phi) is 6.39. The summed E-state index contributed by atoms with van der Waals surface area (Å²) in [7, 11) is 0. The maximum atomic E-state index is 4.66. The minimum absolute atomic E-state index is 0.885. The highest BCUT2D eigenvalue weighted by molar-refractivity contribution is 7.99. The molecule has 46 heavy (non-hydrogen) atoms. The van der Waals surface area contributed by atoms with Crippen LogP contribution in [-0.2, 0) is 0 Å². The third kappa shape index (κ3) is 4.46. The van der Waals surface area contributed by atoms with Crippen molar-refractivity contribution in [3.8, 4) is 39.2 Å². The third-order valence-corrected chi connectivity index (χ3v) is 9.96. The largest absolute Gasteiger partial charge is 0.292 e. The molecule has 5 aromatic carbocycles. The number of hydrogen-bond donors (Lipinski definition) is 0. The summed E-state index contributed by atoms with van der Waals surface area (Å²) < 4.78 is 2.20. The molecule has 0 aliphatic carbocycles. The van der Waals surface area contributed by atoms with Crippen molar-refractivity contribution in [3.63, 3.8) is 0 Å². The van der Waals surface area contributed by atoms with Crippen LogP contribution in [0.2, 0.25) is 0 Å². The minimum atomic E-state index is 0.885. The van der Waals surface area contributed by atoms with Crippen molar-refractivity contribution in [2.75, 3.05) is 0 Å². The van der Waals surface area contributed by atoms with E-state index in [-0.39, 0.29) is 0 Å². The summed E-state index contributed by atoms with van der Waals surface area (Å²) in [6, 6.07) is 47.9. The zero-order valence-electron chi connectivity index (χ0n) is 24.8. The van der Waals surface area contributed by atoms with Crippen molar-refractivity contribution in [1.29, 1.82) is 0 Å². The summed E-state index contributed by atoms with van der Waals surface area (Å²) in [4.78, 5) is 11.6. The number of fused-ring (bicyclic) bond motifs is 9. The predicted molar refractivity (Wildman–Crippen MR) is 192 cm³/mol. The molecule has 0 bridgehead atoms. The quantitative estimate of drug-likeness (QED) is 0.196. The molecule has 8 aromatic rings. The van der Waals surface area contributed by atoms with E-state index in [4.69, 9.17) is 0 Å². The van der Waals surface area contributed by atoms with Crippen molar-refractivity contribution in [1.82, 2.24) is 14.5 Å². The third-order valence-electron chi connectivity index (χ3n) is 8.81. The molecule has 0 spiro atoms. The molecule has 0 radical (unpaired) electrons. The molecule has 0 saturated carbocycles. The highest BCUT2D eigenvalue weighted by Gasteiger charge is 2.18. The van der Waals surface area contributed by atoms with Crippen LogP contribution in [0.25, 0.3) is 73.2 Å². The van der Waals surface area contributed by atoms with Crippen molar-refractivity contribution in [2.24, 2.45) is 0 Å². The molecule has 216 valence electrons. The van der Waals surface area contributed by atoms with E-state index in [2.05, 4.69) is 142 Å². The molecular formula is C42H27N3S. The fourth-order valence-corrected chi connectivity index (χ4v) is 7.74. The first-order valence-electron chi connectivity index (χ1n) is 15.4. The lowest BCUT2D eigenvalue weighted by Crippen LogP contribution is -1.96. The molecule has 0 atom stereocenters. The number of pyridine rings is 2. The molecule has 0 amide bonds. The van der Waals surface area contributed by atoms with Gasteiger partial charge in [-0.05, 0) is 93.0 Å². The van der Waals surface area contributed by atoms with Gasteiger partial charge < -0.3 is 0 Å². The van der Waals surface area contributed by atoms with Gasteiger partial charge in [-0.15, -0.1) is 0 Å². The Labute approximate surface area is 271 Å². The van der Waals surface area contributed by atoms with Gasteiger partial charge in [0.15, 0.2) is 0 Å². The van der Waals surface area contributed by atoms with Crippen LogP contribution in [0, 0.1) is 0 Å². The van der Waals surface area contributed by atoms with E-state index in [0.717, 1.165) is 22.2 Å². The normalized spacial score (nSPS) is 12.9. The first-order chi connectivity index (χ1) is 22.8. The Bertz CT molecular complexity index is 2460. The van der Waals surface area contributed by atoms with Gasteiger partial charge in [-0.1, -0.05) is 109 Å². The SMILES string of the molecule is C1=C\c2ccc(-c3ccc4c(c3)c3ccncc3n4-c3ccccn3)cc2-c2ccccc2Sc2ccccc2-c2ccccc2/1. The zero-order valence-corrected chi connectivity index (χ0v) is 25.7. The fraction of sp³-hybridized carbons (Fsp3) is 0. The molecule has 0 unspecified atom stereocenters. The van der Waals surface area contributed by atoms with Gasteiger partial charge in [0.25, 0.3) is 0 Å². The molecule has 3 aromatic heterocycles. The predicted octanol–water partition coefficient (Wildman–Crippen LogP) is 11.2. The average molecular weight is 606 g/mol. The Morgan fingerprint density at radius 2 is 1.15 bits per heavy atom. The molecule has 9 rings (SSSR count). The first-order valence-corrected chi connectivity index (χ1v) is 16.2. The van der Waals surface area contributed by atoms with Crippen molar-refractivity contribution < 1.29 is 0 Å². The molecule has 0 N–H and O–H groups in total. The lowest BCUT2D eigenvalue weighted by atomic mass is 9.93. The highest BCUT2D eigenvalue weighted by atomic mass is 32.2. The Morgan fingerprint density at radius 3 is 1.96 bits per heavy atom. The Hall–Kier alpha value is -5.71. The molecule has 1 aliphatic rings. The first kappa shape index (κ1) is 26.7. The summed E-state index contributed by atoms with van der Waals surface area (Å²) in [6.45, 7) is 0. The van der Waals surface area contributed by atoms with Gasteiger partial charge >= 0.3 is 0 Å². The van der Waals surface area contributed by atoms with E-state index < -0.39 is 0 Å². The van der Waals surface area contributed by atoms with E-state index >= 15 is 0 Å². The van der Waals surface area contributed by atoms with Crippen LogP contribution in [0.3, 0.4) is 0 Å². The van der Waals surface area contributed by atoms with Crippen LogP contribution in [-0.4, -0.2) is 14.5 Å². The van der Waals surface area contributed by atoms with Gasteiger partial charge in [0.05, 0.1) is 17.2 Å². The number of aromatic nitrogens is 3. The van der Waals surface area contributed by atoms with Crippen LogP contribution in [0.1, 0.15) is 11.1 Å². The molecular weight excluding hydrogens is 579 g/mol. The van der Waals surface area contributed by atoms with Crippen LogP contribution < -0.4 is 0 Å². The lowest BCUT2D eigenvalue weighted by Gasteiger charge is -2.15. The highest BCUT2D eigenvalue weighted by Crippen LogP contribution is 2.44. The van der Waals surface area contributed by atoms with Gasteiger partial charge in [-0.3, -0.25) is 9.55 Å². The molecule has 4 heteroatoms. The molecule has 0 saturated heterocycles. The fourth-order valence-electron chi connectivity index (χ4n) is 6.64. The summed E-state index contributed by atoms with van der Waals surface area (Å²) >= 11 is 1.84. The van der Waals surface area contributed by atoms with Crippen molar-refractivity contribution >= 4 is 45.7 Å². The number of hydrogen-bond acceptors (Lipinski definition) is 3. The topological polar surface area (TPSA) is 30.7 Å². The summed E-state index contributed by atoms with van der Waals surface area (Å²) in [5, 5.41) is 2.34. The minimum Gasteiger partial charge on any atom is -0.292 e. The summed E-state index contributed by atoms with van der Waals surface area (Å²) in [6.07, 6.45) is 10.2. The van der Waals surface area contributed by atoms with E-state index in [1.165, 1.54) is 59.7 Å². The average Bonchev–Trinajstić information content (AvgIpc) is 3.44. The van der Waals surface area contributed by atoms with E-state index in [1.54, 1.807) is 0 Å². The van der Waals surface area contributed by atoms with Gasteiger partial charge in [0.2, 0.25) is 0 Å². The lowest BCUT2D eigenvalue weighted by molar-refractivity contribution is 1.07. The van der Waals surface area contributed by atoms with Crippen LogP contribution in [0.15, 0.2) is 162 Å². The maximum Gasteiger partial charge on any atom is 0.137 e. The Morgan fingerprint density at radius 1 is 0.478 bits per heavy atom. The van der Waals surface area contributed by atoms with Crippen molar-refractivity contribution in [3.05, 3.63) is 163 Å². The van der Waals surface area contributed by atoms with Crippen LogP contribution >= 0.6 is 11.8 Å². The van der Waals surface area contributed by atoms with Crippen LogP contribution in [0.4, 0.5) is 0 Å². The van der Waals surface area contributed by atoms with Crippen LogP contribution in [0.5, 0.6) is 0 Å². The summed E-state index contributed by atoms with van der Waals surface area (Å²) in [5.41, 5.74) is 11.9. The van der Waals surface area contributed by atoms with E-state index in [0.29, 0.717) is 0 Å². The molecule has 1 aliphatic heterocycles. The monoisotopic (exact) mass is 605 g/mol. The molecule has 4 heterocycles. The van der Waals surface area contributed by atoms with E-state index in [9.17, 15) is 0 Å². The maximum absolute atomic E-state index is 4.66. The van der Waals surface area contributed by atoms with Gasteiger partial charge in [0, 0.05) is 33.0 Å². The Balaban J connectivity index is 1.24. The number of benzene rings is 5. The zero-order chi connectivity index (χ0) is 30.5. The molecule has 3 nitrogen and oxygen atoms in total. The van der Waals surface area contributed by atoms with E-state index in [1.807, 2.05) is 48.6 Å². The smallest absolute Gasteiger partial charge is 0.137 e. The standard InChI is InChI=1S/C42H27N3S/c1-2-10-32-28(9-1)16-17-29-18-19-30(25-36(29)35-12-4-6-14-41(35)46-40-13-5-3-11-34(32)40)31-20-21-38-37(26-31)33-22-24-43-27-39(33)45(38)42-15-7-8-23-44-42/h1-27H/b17-16-. The summed E-state index contributed by atoms with van der Waals surface area (Å²) in [5.74, 6) is 0.885. The second kappa shape index (κ2) is 11.0. The van der Waals surface area contributed by atoms with Gasteiger partial charge in [0.1, 0.15) is 5.82 Å². The van der Waals surface area contributed by atoms with Crippen molar-refractivity contribution in [2.45, 2.75) is 9.79 Å².